The number of hydrogen-bond donors (Lipinski definition) is 2. The molecule has 5 aromatic rings. The Bertz CT molecular complexity index is 1960. The molecule has 0 atom stereocenters. The van der Waals surface area contributed by atoms with E-state index in [1.807, 2.05) is 45.5 Å². The lowest BCUT2D eigenvalue weighted by atomic mass is 10.0. The number of nitrogens with zero attached hydrogens (tertiary/aromatic N) is 6. The fourth-order valence-electron chi connectivity index (χ4n) is 6.76. The number of benzene rings is 1. The second-order valence-corrected chi connectivity index (χ2v) is 13.3. The van der Waals surface area contributed by atoms with Crippen LogP contribution < -0.4 is 22.2 Å². The predicted molar refractivity (Wildman–Crippen MR) is 193 cm³/mol. The standard InChI is InChI=1S/C23H27FN4O.C15H20N4O/c1-17-2-3-18(14-21(17)24)15-26-20-7-10-27(11-8-20)12-13-28-22-16-25-9-6-19(22)4-5-23(28)29;16-13-4-7-18(8-5-13)9-10-19-14-11-17-6-3-12(14)1-2-15(19)20/h2-6,9,14,16,20,26H,7-8,10-13,15H2,1H3;1-3,6,11,13H,4-5,7-10,16H2. The number of rotatable bonds is 9. The quantitative estimate of drug-likeness (QED) is 0.244. The van der Waals surface area contributed by atoms with Crippen LogP contribution in [-0.2, 0) is 19.6 Å². The zero-order valence-electron chi connectivity index (χ0n) is 28.3. The van der Waals surface area contributed by atoms with Crippen molar-refractivity contribution in [2.45, 2.75) is 64.3 Å². The molecule has 258 valence electrons. The minimum absolute atomic E-state index is 0.0207. The zero-order chi connectivity index (χ0) is 34.2. The Kier molecular flexibility index (Phi) is 11.6. The molecule has 0 spiro atoms. The summed E-state index contributed by atoms with van der Waals surface area (Å²) in [6.07, 6.45) is 11.2. The maximum atomic E-state index is 13.7. The summed E-state index contributed by atoms with van der Waals surface area (Å²) in [6.45, 7) is 9.64. The molecule has 6 heterocycles. The number of halogens is 1. The van der Waals surface area contributed by atoms with Crippen LogP contribution in [0.2, 0.25) is 0 Å². The van der Waals surface area contributed by atoms with Gasteiger partial charge in [0.05, 0.1) is 23.4 Å². The summed E-state index contributed by atoms with van der Waals surface area (Å²) in [4.78, 5) is 37.4. The molecule has 0 bridgehead atoms. The molecular weight excluding hydrogens is 619 g/mol. The Morgan fingerprint density at radius 1 is 0.735 bits per heavy atom. The topological polar surface area (TPSA) is 114 Å². The molecule has 2 aliphatic heterocycles. The molecule has 0 saturated carbocycles. The van der Waals surface area contributed by atoms with Gasteiger partial charge in [-0.05, 0) is 100 Å². The van der Waals surface area contributed by atoms with E-state index in [0.717, 1.165) is 92.3 Å². The smallest absolute Gasteiger partial charge is 0.251 e. The van der Waals surface area contributed by atoms with E-state index in [1.54, 1.807) is 49.9 Å². The molecule has 0 unspecified atom stereocenters. The number of piperidine rings is 2. The van der Waals surface area contributed by atoms with E-state index in [0.29, 0.717) is 37.3 Å². The van der Waals surface area contributed by atoms with Gasteiger partial charge in [-0.15, -0.1) is 0 Å². The van der Waals surface area contributed by atoms with Crippen LogP contribution in [0.4, 0.5) is 4.39 Å². The van der Waals surface area contributed by atoms with Crippen molar-refractivity contribution < 1.29 is 4.39 Å². The molecule has 0 radical (unpaired) electrons. The Morgan fingerprint density at radius 3 is 1.80 bits per heavy atom. The van der Waals surface area contributed by atoms with Crippen LogP contribution in [0, 0.1) is 12.7 Å². The van der Waals surface area contributed by atoms with Gasteiger partial charge in [-0.1, -0.05) is 12.1 Å². The molecule has 0 aliphatic carbocycles. The van der Waals surface area contributed by atoms with Gasteiger partial charge < -0.3 is 30.0 Å². The van der Waals surface area contributed by atoms with Crippen LogP contribution in [-0.4, -0.2) is 80.3 Å². The van der Waals surface area contributed by atoms with Crippen LogP contribution in [0.3, 0.4) is 0 Å². The van der Waals surface area contributed by atoms with Gasteiger partial charge in [0.1, 0.15) is 5.82 Å². The third kappa shape index (κ3) is 9.04. The normalized spacial score (nSPS) is 16.6. The largest absolute Gasteiger partial charge is 0.328 e. The fourth-order valence-corrected chi connectivity index (χ4v) is 6.76. The van der Waals surface area contributed by atoms with Crippen molar-refractivity contribution in [1.29, 1.82) is 0 Å². The lowest BCUT2D eigenvalue weighted by molar-refractivity contribution is 0.191. The molecule has 11 heteroatoms. The van der Waals surface area contributed by atoms with Crippen molar-refractivity contribution in [2.24, 2.45) is 5.73 Å². The van der Waals surface area contributed by atoms with Crippen molar-refractivity contribution in [2.75, 3.05) is 39.3 Å². The van der Waals surface area contributed by atoms with Crippen LogP contribution in [0.15, 0.2) is 89.0 Å². The molecule has 4 aromatic heterocycles. The van der Waals surface area contributed by atoms with Crippen molar-refractivity contribution in [1.82, 2.24) is 34.2 Å². The maximum absolute atomic E-state index is 13.7. The Labute approximate surface area is 286 Å². The fraction of sp³-hybridized carbons (Fsp3) is 0.421. The van der Waals surface area contributed by atoms with Crippen molar-refractivity contribution in [3.63, 3.8) is 0 Å². The second kappa shape index (κ2) is 16.4. The molecule has 2 saturated heterocycles. The van der Waals surface area contributed by atoms with Gasteiger partial charge in [0.15, 0.2) is 0 Å². The summed E-state index contributed by atoms with van der Waals surface area (Å²) in [6, 6.07) is 17.1. The highest BCUT2D eigenvalue weighted by Gasteiger charge is 2.19. The minimum Gasteiger partial charge on any atom is -0.328 e. The highest BCUT2D eigenvalue weighted by atomic mass is 19.1. The first-order valence-corrected chi connectivity index (χ1v) is 17.4. The number of hydrogen-bond acceptors (Lipinski definition) is 8. The second-order valence-electron chi connectivity index (χ2n) is 13.3. The third-order valence-electron chi connectivity index (χ3n) is 9.92. The van der Waals surface area contributed by atoms with Crippen LogP contribution >= 0.6 is 0 Å². The number of nitrogens with two attached hydrogens (primary N) is 1. The highest BCUT2D eigenvalue weighted by Crippen LogP contribution is 2.15. The molecule has 1 aromatic carbocycles. The maximum Gasteiger partial charge on any atom is 0.251 e. The summed E-state index contributed by atoms with van der Waals surface area (Å²) in [5.74, 6) is -0.141. The number of pyridine rings is 4. The molecule has 0 amide bonds. The summed E-state index contributed by atoms with van der Waals surface area (Å²) >= 11 is 0. The Morgan fingerprint density at radius 2 is 1.27 bits per heavy atom. The summed E-state index contributed by atoms with van der Waals surface area (Å²) in [5.41, 5.74) is 9.44. The Hall–Kier alpha value is -4.29. The van der Waals surface area contributed by atoms with E-state index in [4.69, 9.17) is 5.73 Å². The average molecular weight is 667 g/mol. The average Bonchev–Trinajstić information content (AvgIpc) is 3.13. The van der Waals surface area contributed by atoms with Gasteiger partial charge in [-0.25, -0.2) is 4.39 Å². The van der Waals surface area contributed by atoms with Gasteiger partial charge >= 0.3 is 0 Å². The Balaban J connectivity index is 0.000000182. The van der Waals surface area contributed by atoms with E-state index >= 15 is 0 Å². The third-order valence-corrected chi connectivity index (χ3v) is 9.92. The molecule has 2 fully saturated rings. The first-order chi connectivity index (χ1) is 23.8. The van der Waals surface area contributed by atoms with Crippen molar-refractivity contribution in [3.05, 3.63) is 117 Å². The molecule has 49 heavy (non-hydrogen) atoms. The highest BCUT2D eigenvalue weighted by molar-refractivity contribution is 5.78. The lowest BCUT2D eigenvalue weighted by Crippen LogP contribution is -2.43. The lowest BCUT2D eigenvalue weighted by Gasteiger charge is -2.32. The van der Waals surface area contributed by atoms with Gasteiger partial charge in [0, 0.05) is 80.1 Å². The van der Waals surface area contributed by atoms with Gasteiger partial charge in [0.25, 0.3) is 11.1 Å². The first kappa shape index (κ1) is 34.6. The number of likely N-dealkylation sites (tertiary alicyclic amines) is 2. The molecule has 7 rings (SSSR count). The van der Waals surface area contributed by atoms with E-state index in [-0.39, 0.29) is 16.9 Å². The van der Waals surface area contributed by atoms with Crippen LogP contribution in [0.1, 0.15) is 36.8 Å². The van der Waals surface area contributed by atoms with Gasteiger partial charge in [0.2, 0.25) is 0 Å². The molecule has 2 aliphatic rings. The van der Waals surface area contributed by atoms with E-state index in [9.17, 15) is 14.0 Å². The SMILES string of the molecule is Cc1ccc(CNC2CCN(CCn3c(=O)ccc4ccncc43)CC2)cc1F.NC1CCN(CCn2c(=O)ccc3ccncc32)CC1. The monoisotopic (exact) mass is 666 g/mol. The van der Waals surface area contributed by atoms with Crippen LogP contribution in [0.5, 0.6) is 0 Å². The number of nitrogens with one attached hydrogen (secondary N) is 1. The number of aryl methyl sites for hydroxylation is 1. The van der Waals surface area contributed by atoms with Crippen molar-refractivity contribution >= 4 is 21.8 Å². The van der Waals surface area contributed by atoms with E-state index in [1.165, 1.54) is 0 Å². The first-order valence-electron chi connectivity index (χ1n) is 17.4. The minimum atomic E-state index is -0.141. The molecule has 3 N–H and O–H groups in total. The zero-order valence-corrected chi connectivity index (χ0v) is 28.3. The summed E-state index contributed by atoms with van der Waals surface area (Å²) in [7, 11) is 0. The van der Waals surface area contributed by atoms with E-state index in [2.05, 4.69) is 25.1 Å². The van der Waals surface area contributed by atoms with Gasteiger partial charge in [-0.2, -0.15) is 0 Å². The van der Waals surface area contributed by atoms with Gasteiger partial charge in [-0.3, -0.25) is 19.6 Å². The molecule has 10 nitrogen and oxygen atoms in total. The number of aromatic nitrogens is 4. The number of fused-ring (bicyclic) bond motifs is 2. The summed E-state index contributed by atoms with van der Waals surface area (Å²) < 4.78 is 17.3. The van der Waals surface area contributed by atoms with Crippen molar-refractivity contribution in [3.8, 4) is 0 Å². The molecular formula is C38H47FN8O2. The van der Waals surface area contributed by atoms with Crippen LogP contribution in [0.25, 0.3) is 21.8 Å². The summed E-state index contributed by atoms with van der Waals surface area (Å²) in [5, 5.41) is 5.65. The predicted octanol–water partition coefficient (Wildman–Crippen LogP) is 3.92. The van der Waals surface area contributed by atoms with E-state index < -0.39 is 0 Å².